The molecule has 1 N–H and O–H groups in total. The van der Waals surface area contributed by atoms with Crippen LogP contribution < -0.4 is 5.43 Å². The highest BCUT2D eigenvalue weighted by Crippen LogP contribution is 2.21. The van der Waals surface area contributed by atoms with E-state index in [9.17, 15) is 4.79 Å². The summed E-state index contributed by atoms with van der Waals surface area (Å²) in [6.45, 7) is 3.91. The maximum atomic E-state index is 12.1. The van der Waals surface area contributed by atoms with Gasteiger partial charge in [0.2, 0.25) is 5.91 Å². The number of amides is 1. The highest BCUT2D eigenvalue weighted by Gasteiger charge is 2.09. The van der Waals surface area contributed by atoms with Gasteiger partial charge in [-0.05, 0) is 19.4 Å². The molecule has 5 heteroatoms. The first-order valence-electron chi connectivity index (χ1n) is 8.02. The van der Waals surface area contributed by atoms with Crippen LogP contribution in [0.3, 0.4) is 0 Å². The maximum Gasteiger partial charge on any atom is 0.246 e. The number of nitrogens with zero attached hydrogens (tertiary/aromatic N) is 2. The van der Waals surface area contributed by atoms with Gasteiger partial charge in [0.25, 0.3) is 0 Å². The summed E-state index contributed by atoms with van der Waals surface area (Å²) in [6.07, 6.45) is 0.224. The third-order valence-corrected chi connectivity index (χ3v) is 4.60. The van der Waals surface area contributed by atoms with Crippen LogP contribution in [0.4, 0.5) is 0 Å². The van der Waals surface area contributed by atoms with Gasteiger partial charge in [0.15, 0.2) is 0 Å². The summed E-state index contributed by atoms with van der Waals surface area (Å²) >= 11 is 1.48. The number of hydrazone groups is 1. The van der Waals surface area contributed by atoms with Gasteiger partial charge in [0, 0.05) is 10.9 Å². The van der Waals surface area contributed by atoms with Crippen LogP contribution in [0.25, 0.3) is 11.3 Å². The molecule has 0 saturated carbocycles. The van der Waals surface area contributed by atoms with Crippen molar-refractivity contribution >= 4 is 23.0 Å². The highest BCUT2D eigenvalue weighted by molar-refractivity contribution is 7.10. The Morgan fingerprint density at radius 2 is 1.84 bits per heavy atom. The summed E-state index contributed by atoms with van der Waals surface area (Å²) in [5.41, 5.74) is 7.52. The summed E-state index contributed by atoms with van der Waals surface area (Å²) in [6, 6.07) is 18.0. The van der Waals surface area contributed by atoms with Crippen LogP contribution in [-0.4, -0.2) is 16.6 Å². The number of aromatic nitrogens is 1. The van der Waals surface area contributed by atoms with Crippen molar-refractivity contribution in [2.75, 3.05) is 0 Å². The highest BCUT2D eigenvalue weighted by atomic mass is 32.1. The average Bonchev–Trinajstić information content (AvgIpc) is 3.09. The van der Waals surface area contributed by atoms with Crippen molar-refractivity contribution in [3.05, 3.63) is 76.1 Å². The summed E-state index contributed by atoms with van der Waals surface area (Å²) in [4.78, 5) is 16.6. The van der Waals surface area contributed by atoms with Crippen LogP contribution in [0, 0.1) is 6.92 Å². The Morgan fingerprint density at radius 3 is 2.56 bits per heavy atom. The summed E-state index contributed by atoms with van der Waals surface area (Å²) < 4.78 is 0. The minimum atomic E-state index is -0.166. The zero-order valence-corrected chi connectivity index (χ0v) is 15.0. The molecule has 1 aromatic heterocycles. The molecule has 4 nitrogen and oxygen atoms in total. The smallest absolute Gasteiger partial charge is 0.246 e. The number of carbonyl (C=O) groups is 1. The second kappa shape index (κ2) is 7.85. The number of hydrogen-bond donors (Lipinski definition) is 1. The van der Waals surface area contributed by atoms with Gasteiger partial charge in [-0.25, -0.2) is 10.4 Å². The average molecular weight is 349 g/mol. The van der Waals surface area contributed by atoms with Crippen LogP contribution in [-0.2, 0) is 11.2 Å². The van der Waals surface area contributed by atoms with E-state index in [0.717, 1.165) is 27.5 Å². The standard InChI is InChI=1S/C20H19N3OS/c1-14-8-10-16(11-9-14)15(2)22-23-19(24)12-20-21-18(13-25-20)17-6-4-3-5-7-17/h3-11,13H,12H2,1-2H3,(H,23,24)/b22-15-. The fraction of sp³-hybridized carbons (Fsp3) is 0.150. The molecule has 1 amide bonds. The minimum absolute atomic E-state index is 0.166. The lowest BCUT2D eigenvalue weighted by atomic mass is 10.1. The predicted octanol–water partition coefficient (Wildman–Crippen LogP) is 4.20. The molecule has 0 aliphatic rings. The van der Waals surface area contributed by atoms with Crippen molar-refractivity contribution in [3.8, 4) is 11.3 Å². The van der Waals surface area contributed by atoms with Gasteiger partial charge in [-0.15, -0.1) is 11.3 Å². The fourth-order valence-electron chi connectivity index (χ4n) is 2.32. The van der Waals surface area contributed by atoms with E-state index < -0.39 is 0 Å². The van der Waals surface area contributed by atoms with Crippen molar-refractivity contribution < 1.29 is 4.79 Å². The Bertz CT molecular complexity index is 883. The Labute approximate surface area is 151 Å². The molecule has 0 radical (unpaired) electrons. The van der Waals surface area contributed by atoms with E-state index >= 15 is 0 Å². The van der Waals surface area contributed by atoms with E-state index in [1.807, 2.05) is 73.8 Å². The molecule has 3 rings (SSSR count). The van der Waals surface area contributed by atoms with E-state index in [4.69, 9.17) is 0 Å². The van der Waals surface area contributed by atoms with Gasteiger partial charge in [-0.3, -0.25) is 4.79 Å². The van der Waals surface area contributed by atoms with Crippen LogP contribution >= 0.6 is 11.3 Å². The summed E-state index contributed by atoms with van der Waals surface area (Å²) in [5, 5.41) is 6.93. The molecule has 0 saturated heterocycles. The predicted molar refractivity (Wildman–Crippen MR) is 103 cm³/mol. The van der Waals surface area contributed by atoms with Crippen LogP contribution in [0.1, 0.15) is 23.1 Å². The molecular weight excluding hydrogens is 330 g/mol. The first kappa shape index (κ1) is 17.0. The zero-order chi connectivity index (χ0) is 17.6. The fourth-order valence-corrected chi connectivity index (χ4v) is 3.12. The summed E-state index contributed by atoms with van der Waals surface area (Å²) in [7, 11) is 0. The minimum Gasteiger partial charge on any atom is -0.273 e. The van der Waals surface area contributed by atoms with Gasteiger partial charge < -0.3 is 0 Å². The number of carbonyl (C=O) groups excluding carboxylic acids is 1. The Morgan fingerprint density at radius 1 is 1.12 bits per heavy atom. The second-order valence-corrected chi connectivity index (χ2v) is 6.71. The van der Waals surface area contributed by atoms with Gasteiger partial charge in [0.1, 0.15) is 5.01 Å². The van der Waals surface area contributed by atoms with Gasteiger partial charge in [0.05, 0.1) is 17.8 Å². The molecule has 0 aliphatic carbocycles. The van der Waals surface area contributed by atoms with Crippen molar-refractivity contribution in [2.45, 2.75) is 20.3 Å². The second-order valence-electron chi connectivity index (χ2n) is 5.77. The number of benzene rings is 2. The lowest BCUT2D eigenvalue weighted by Crippen LogP contribution is -2.21. The lowest BCUT2D eigenvalue weighted by molar-refractivity contribution is -0.120. The molecule has 0 bridgehead atoms. The number of aryl methyl sites for hydroxylation is 1. The molecule has 0 fully saturated rings. The molecule has 2 aromatic carbocycles. The number of hydrogen-bond acceptors (Lipinski definition) is 4. The molecule has 25 heavy (non-hydrogen) atoms. The molecule has 0 spiro atoms. The molecule has 3 aromatic rings. The van der Waals surface area contributed by atoms with Gasteiger partial charge >= 0.3 is 0 Å². The molecule has 0 unspecified atom stereocenters. The van der Waals surface area contributed by atoms with Crippen LogP contribution in [0.5, 0.6) is 0 Å². The van der Waals surface area contributed by atoms with Crippen molar-refractivity contribution in [2.24, 2.45) is 5.10 Å². The van der Waals surface area contributed by atoms with Gasteiger partial charge in [-0.1, -0.05) is 60.2 Å². The Hall–Kier alpha value is -2.79. The number of thiazole rings is 1. The topological polar surface area (TPSA) is 54.4 Å². The van der Waals surface area contributed by atoms with Crippen LogP contribution in [0.15, 0.2) is 65.1 Å². The van der Waals surface area contributed by atoms with Gasteiger partial charge in [-0.2, -0.15) is 5.10 Å². The van der Waals surface area contributed by atoms with Crippen molar-refractivity contribution in [1.29, 1.82) is 0 Å². The van der Waals surface area contributed by atoms with Crippen molar-refractivity contribution in [3.63, 3.8) is 0 Å². The number of rotatable bonds is 5. The first-order chi connectivity index (χ1) is 12.1. The molecule has 0 aliphatic heterocycles. The largest absolute Gasteiger partial charge is 0.273 e. The molecular formula is C20H19N3OS. The number of nitrogens with one attached hydrogen (secondary N) is 1. The first-order valence-corrected chi connectivity index (χ1v) is 8.90. The normalized spacial score (nSPS) is 11.4. The summed E-state index contributed by atoms with van der Waals surface area (Å²) in [5.74, 6) is -0.166. The van der Waals surface area contributed by atoms with E-state index in [1.165, 1.54) is 16.9 Å². The Kier molecular flexibility index (Phi) is 5.36. The van der Waals surface area contributed by atoms with E-state index in [2.05, 4.69) is 15.5 Å². The maximum absolute atomic E-state index is 12.1. The SMILES string of the molecule is C/C(=N/NC(=O)Cc1nc(-c2ccccc2)cs1)c1ccc(C)cc1. The molecule has 1 heterocycles. The molecule has 126 valence electrons. The third-order valence-electron chi connectivity index (χ3n) is 3.75. The third kappa shape index (κ3) is 4.61. The van der Waals surface area contributed by atoms with Crippen molar-refractivity contribution in [1.82, 2.24) is 10.4 Å². The van der Waals surface area contributed by atoms with Crippen LogP contribution in [0.2, 0.25) is 0 Å². The zero-order valence-electron chi connectivity index (χ0n) is 14.2. The lowest BCUT2D eigenvalue weighted by Gasteiger charge is -2.02. The van der Waals surface area contributed by atoms with E-state index in [-0.39, 0.29) is 12.3 Å². The monoisotopic (exact) mass is 349 g/mol. The van der Waals surface area contributed by atoms with E-state index in [0.29, 0.717) is 0 Å². The van der Waals surface area contributed by atoms with E-state index in [1.54, 1.807) is 0 Å². The quantitative estimate of drug-likeness (QED) is 0.554. The Balaban J connectivity index is 1.60. The molecule has 0 atom stereocenters.